The summed E-state index contributed by atoms with van der Waals surface area (Å²) < 4.78 is 7.11. The summed E-state index contributed by atoms with van der Waals surface area (Å²) in [6.45, 7) is 0. The first-order valence-corrected chi connectivity index (χ1v) is 9.63. The predicted molar refractivity (Wildman–Crippen MR) is 94.6 cm³/mol. The van der Waals surface area contributed by atoms with Gasteiger partial charge in [0, 0.05) is 28.1 Å². The molecule has 1 aliphatic carbocycles. The summed E-state index contributed by atoms with van der Waals surface area (Å²) in [6, 6.07) is 5.86. The van der Waals surface area contributed by atoms with Crippen LogP contribution in [0.25, 0.3) is 0 Å². The molecule has 0 bridgehead atoms. The van der Waals surface area contributed by atoms with Gasteiger partial charge < -0.3 is 14.9 Å². The number of amidine groups is 1. The molecule has 6 nitrogen and oxygen atoms in total. The molecule has 2 aliphatic heterocycles. The highest BCUT2D eigenvalue weighted by Crippen LogP contribution is 2.54. The number of hydrogen-bond donors (Lipinski definition) is 3. The molecule has 8 heteroatoms. The SMILES string of the molecule is O=C(O)NC1=NC2(CS1)c1cc(Br)ccc1O[C@H]1CC(O)CC[C@@H]12. The number of carboxylic acid groups (broad SMARTS) is 1. The third-order valence-electron chi connectivity index (χ3n) is 5.01. The van der Waals surface area contributed by atoms with Crippen molar-refractivity contribution in [2.75, 3.05) is 5.75 Å². The van der Waals surface area contributed by atoms with E-state index in [1.807, 2.05) is 18.2 Å². The van der Waals surface area contributed by atoms with Crippen molar-refractivity contribution in [3.63, 3.8) is 0 Å². The highest BCUT2D eigenvalue weighted by Gasteiger charge is 2.54. The lowest BCUT2D eigenvalue weighted by Crippen LogP contribution is -2.51. The number of rotatable bonds is 0. The van der Waals surface area contributed by atoms with Crippen LogP contribution in [0, 0.1) is 5.92 Å². The fourth-order valence-electron chi connectivity index (χ4n) is 4.00. The summed E-state index contributed by atoms with van der Waals surface area (Å²) in [4.78, 5) is 15.8. The van der Waals surface area contributed by atoms with Gasteiger partial charge in [-0.25, -0.2) is 9.79 Å². The van der Waals surface area contributed by atoms with Crippen LogP contribution in [0.5, 0.6) is 5.75 Å². The summed E-state index contributed by atoms with van der Waals surface area (Å²) in [5.41, 5.74) is 0.481. The standard InChI is InChI=1S/C16H17BrN2O4S/c17-8-1-4-12-11(5-8)16(7-24-14(19-16)18-15(21)22)10-3-2-9(20)6-13(10)23-12/h1,4-5,9-10,13,20H,2-3,6-7H2,(H,18,19)(H,21,22)/t9?,10-,13-,16?/m0/s1. The van der Waals surface area contributed by atoms with Gasteiger partial charge in [-0.3, -0.25) is 5.32 Å². The van der Waals surface area contributed by atoms with Gasteiger partial charge in [0.2, 0.25) is 0 Å². The first-order chi connectivity index (χ1) is 11.5. The van der Waals surface area contributed by atoms with E-state index in [-0.39, 0.29) is 18.1 Å². The van der Waals surface area contributed by atoms with Crippen LogP contribution >= 0.6 is 27.7 Å². The highest BCUT2D eigenvalue weighted by molar-refractivity contribution is 9.10. The Morgan fingerprint density at radius 2 is 2.29 bits per heavy atom. The van der Waals surface area contributed by atoms with Crippen molar-refractivity contribution in [2.45, 2.75) is 37.0 Å². The molecule has 4 atom stereocenters. The molecule has 0 aromatic heterocycles. The molecular weight excluding hydrogens is 396 g/mol. The van der Waals surface area contributed by atoms with Gasteiger partial charge in [-0.1, -0.05) is 27.7 Å². The van der Waals surface area contributed by atoms with Crippen molar-refractivity contribution in [3.8, 4) is 5.75 Å². The van der Waals surface area contributed by atoms with E-state index < -0.39 is 11.6 Å². The zero-order valence-corrected chi connectivity index (χ0v) is 15.1. The van der Waals surface area contributed by atoms with Crippen molar-refractivity contribution in [3.05, 3.63) is 28.2 Å². The van der Waals surface area contributed by atoms with Crippen LogP contribution in [0.4, 0.5) is 4.79 Å². The summed E-state index contributed by atoms with van der Waals surface area (Å²) in [5, 5.41) is 21.8. The van der Waals surface area contributed by atoms with E-state index >= 15 is 0 Å². The largest absolute Gasteiger partial charge is 0.490 e. The van der Waals surface area contributed by atoms with Crippen LogP contribution in [0.3, 0.4) is 0 Å². The second-order valence-corrected chi connectivity index (χ2v) is 8.31. The number of hydrogen-bond acceptors (Lipinski definition) is 5. The van der Waals surface area contributed by atoms with E-state index in [0.717, 1.165) is 28.6 Å². The Bertz CT molecular complexity index is 728. The van der Waals surface area contributed by atoms with Gasteiger partial charge in [0.05, 0.1) is 6.10 Å². The average molecular weight is 413 g/mol. The molecule has 0 saturated heterocycles. The van der Waals surface area contributed by atoms with Crippen LogP contribution < -0.4 is 10.1 Å². The molecule has 128 valence electrons. The predicted octanol–water partition coefficient (Wildman–Crippen LogP) is 2.94. The molecule has 3 N–H and O–H groups in total. The summed E-state index contributed by atoms with van der Waals surface area (Å²) in [7, 11) is 0. The van der Waals surface area contributed by atoms with Gasteiger partial charge in [-0.15, -0.1) is 0 Å². The molecule has 1 saturated carbocycles. The van der Waals surface area contributed by atoms with Crippen molar-refractivity contribution in [2.24, 2.45) is 10.9 Å². The Labute approximate surface area is 151 Å². The maximum atomic E-state index is 11.0. The molecule has 0 radical (unpaired) electrons. The minimum Gasteiger partial charge on any atom is -0.490 e. The van der Waals surface area contributed by atoms with Gasteiger partial charge in [0.15, 0.2) is 5.17 Å². The first kappa shape index (κ1) is 16.2. The number of nitrogens with one attached hydrogen (secondary N) is 1. The second kappa shape index (κ2) is 5.93. The maximum absolute atomic E-state index is 11.0. The zero-order valence-electron chi connectivity index (χ0n) is 12.7. The summed E-state index contributed by atoms with van der Waals surface area (Å²) in [6.07, 6.45) is 0.560. The molecule has 1 spiro atoms. The van der Waals surface area contributed by atoms with E-state index in [1.165, 1.54) is 11.8 Å². The van der Waals surface area contributed by atoms with Gasteiger partial charge in [-0.2, -0.15) is 0 Å². The molecule has 1 aromatic rings. The molecule has 1 amide bonds. The molecule has 2 unspecified atom stereocenters. The molecule has 4 rings (SSSR count). The Hall–Kier alpha value is -1.25. The van der Waals surface area contributed by atoms with Crippen LogP contribution in [0.1, 0.15) is 24.8 Å². The molecule has 24 heavy (non-hydrogen) atoms. The number of nitrogens with zero attached hydrogens (tertiary/aromatic N) is 1. The maximum Gasteiger partial charge on any atom is 0.410 e. The van der Waals surface area contributed by atoms with Gasteiger partial charge in [0.25, 0.3) is 0 Å². The Kier molecular flexibility index (Phi) is 4.01. The van der Waals surface area contributed by atoms with Crippen molar-refractivity contribution in [1.82, 2.24) is 5.32 Å². The first-order valence-electron chi connectivity index (χ1n) is 7.85. The third kappa shape index (κ3) is 2.60. The lowest BCUT2D eigenvalue weighted by molar-refractivity contribution is -0.0246. The number of aliphatic hydroxyl groups is 1. The molecular formula is C16H17BrN2O4S. The Balaban J connectivity index is 1.82. The van der Waals surface area contributed by atoms with Crippen LogP contribution in [-0.4, -0.2) is 39.4 Å². The van der Waals surface area contributed by atoms with Crippen molar-refractivity contribution < 1.29 is 19.7 Å². The number of carbonyl (C=O) groups is 1. The molecule has 3 aliphatic rings. The lowest BCUT2D eigenvalue weighted by atomic mass is 9.68. The highest BCUT2D eigenvalue weighted by atomic mass is 79.9. The fourth-order valence-corrected chi connectivity index (χ4v) is 5.54. The smallest absolute Gasteiger partial charge is 0.410 e. The number of ether oxygens (including phenoxy) is 1. The molecule has 1 fully saturated rings. The average Bonchev–Trinajstić information content (AvgIpc) is 2.92. The number of thioether (sulfide) groups is 1. The fraction of sp³-hybridized carbons (Fsp3) is 0.500. The van der Waals surface area contributed by atoms with E-state index in [2.05, 4.69) is 21.2 Å². The zero-order chi connectivity index (χ0) is 16.9. The number of fused-ring (bicyclic) bond motifs is 4. The monoisotopic (exact) mass is 412 g/mol. The Morgan fingerprint density at radius 1 is 1.46 bits per heavy atom. The summed E-state index contributed by atoms with van der Waals surface area (Å²) in [5.74, 6) is 1.57. The second-order valence-electron chi connectivity index (χ2n) is 6.43. The van der Waals surface area contributed by atoms with Crippen molar-refractivity contribution >= 4 is 39.0 Å². The van der Waals surface area contributed by atoms with E-state index in [0.29, 0.717) is 17.3 Å². The topological polar surface area (TPSA) is 91.2 Å². The van der Waals surface area contributed by atoms with E-state index in [1.54, 1.807) is 0 Å². The minimum absolute atomic E-state index is 0.101. The molecule has 2 heterocycles. The number of amides is 1. The van der Waals surface area contributed by atoms with Gasteiger partial charge in [-0.05, 0) is 31.0 Å². The van der Waals surface area contributed by atoms with Crippen molar-refractivity contribution in [1.29, 1.82) is 0 Å². The molecule has 1 aromatic carbocycles. The number of halogens is 1. The normalized spacial score (nSPS) is 34.1. The van der Waals surface area contributed by atoms with Crippen LogP contribution in [0.15, 0.2) is 27.7 Å². The number of aliphatic imine (C=N–C) groups is 1. The Morgan fingerprint density at radius 3 is 3.08 bits per heavy atom. The summed E-state index contributed by atoms with van der Waals surface area (Å²) >= 11 is 4.94. The van der Waals surface area contributed by atoms with E-state index in [4.69, 9.17) is 14.8 Å². The third-order valence-corrected chi connectivity index (χ3v) is 6.55. The van der Waals surface area contributed by atoms with Crippen LogP contribution in [0.2, 0.25) is 0 Å². The lowest BCUT2D eigenvalue weighted by Gasteiger charge is -2.47. The number of benzene rings is 1. The van der Waals surface area contributed by atoms with Gasteiger partial charge >= 0.3 is 6.09 Å². The quantitative estimate of drug-likeness (QED) is 0.609. The minimum atomic E-state index is -1.10. The van der Waals surface area contributed by atoms with Crippen LogP contribution in [-0.2, 0) is 5.54 Å². The van der Waals surface area contributed by atoms with E-state index in [9.17, 15) is 9.90 Å². The number of aliphatic hydroxyl groups excluding tert-OH is 1. The van der Waals surface area contributed by atoms with Gasteiger partial charge in [0.1, 0.15) is 17.4 Å².